The van der Waals surface area contributed by atoms with Gasteiger partial charge in [0.2, 0.25) is 5.91 Å². The van der Waals surface area contributed by atoms with Gasteiger partial charge in [-0.1, -0.05) is 52.5 Å². The molecule has 2 atom stereocenters. The zero-order chi connectivity index (χ0) is 30.4. The lowest BCUT2D eigenvalue weighted by Gasteiger charge is -2.14. The molecule has 0 aliphatic heterocycles. The largest absolute Gasteiger partial charge is 0.471 e. The predicted octanol–water partition coefficient (Wildman–Crippen LogP) is 8.72. The molecule has 16 heteroatoms. The van der Waals surface area contributed by atoms with Crippen molar-refractivity contribution in [3.8, 4) is 0 Å². The zero-order valence-electron chi connectivity index (χ0n) is 19.8. The highest BCUT2D eigenvalue weighted by Gasteiger charge is 2.67. The van der Waals surface area contributed by atoms with Crippen LogP contribution in [0.15, 0.2) is 48.5 Å². The van der Waals surface area contributed by atoms with Crippen molar-refractivity contribution in [1.29, 1.82) is 0 Å². The summed E-state index contributed by atoms with van der Waals surface area (Å²) >= 11 is 36.6. The van der Waals surface area contributed by atoms with Gasteiger partial charge in [-0.15, -0.1) is 23.2 Å². The molecule has 1 fully saturated rings. The maximum Gasteiger partial charge on any atom is 0.471 e. The van der Waals surface area contributed by atoms with Gasteiger partial charge in [-0.25, -0.2) is 4.39 Å². The fourth-order valence-corrected chi connectivity index (χ4v) is 5.72. The fourth-order valence-electron chi connectivity index (χ4n) is 3.92. The Kier molecular flexibility index (Phi) is 8.95. The first-order valence-corrected chi connectivity index (χ1v) is 13.4. The summed E-state index contributed by atoms with van der Waals surface area (Å²) in [4.78, 5) is 37.1. The molecule has 216 valence electrons. The molecule has 0 bridgehead atoms. The van der Waals surface area contributed by atoms with E-state index in [1.807, 2.05) is 0 Å². The van der Waals surface area contributed by atoms with Gasteiger partial charge >= 0.3 is 12.1 Å². The second kappa shape index (κ2) is 11.7. The SMILES string of the molecule is O=C(Nc1cc(Cl)c(NC(=O)C(F)(F)F)c(Cl)c1)c1cc(NC(=O)C2C(c3ccc(F)c(Cl)c3)C2(Cl)Cl)ccc1Cl. The average molecular weight is 692 g/mol. The van der Waals surface area contributed by atoms with Crippen molar-refractivity contribution >= 4 is 104 Å². The molecule has 0 aromatic heterocycles. The lowest BCUT2D eigenvalue weighted by Crippen LogP contribution is -2.30. The normalized spacial score (nSPS) is 17.5. The molecule has 3 amide bonds. The van der Waals surface area contributed by atoms with E-state index < -0.39 is 51.6 Å². The Morgan fingerprint density at radius 1 is 0.756 bits per heavy atom. The van der Waals surface area contributed by atoms with E-state index in [2.05, 4.69) is 10.6 Å². The minimum atomic E-state index is -5.18. The molecular weight excluding hydrogens is 679 g/mol. The third-order valence-corrected chi connectivity index (χ3v) is 8.07. The van der Waals surface area contributed by atoms with Crippen LogP contribution in [-0.4, -0.2) is 28.2 Å². The van der Waals surface area contributed by atoms with Crippen LogP contribution in [0.1, 0.15) is 21.8 Å². The Bertz CT molecular complexity index is 1560. The maximum absolute atomic E-state index is 13.5. The molecule has 6 nitrogen and oxygen atoms in total. The van der Waals surface area contributed by atoms with Crippen molar-refractivity contribution in [2.45, 2.75) is 16.4 Å². The Balaban J connectivity index is 1.49. The Morgan fingerprint density at radius 2 is 1.39 bits per heavy atom. The van der Waals surface area contributed by atoms with Gasteiger partial charge in [0.1, 0.15) is 10.2 Å². The summed E-state index contributed by atoms with van der Waals surface area (Å²) in [5, 5.41) is 5.65. The number of benzene rings is 3. The third-order valence-electron chi connectivity index (χ3n) is 5.91. The van der Waals surface area contributed by atoms with Gasteiger partial charge in [-0.2, -0.15) is 13.2 Å². The smallest absolute Gasteiger partial charge is 0.326 e. The van der Waals surface area contributed by atoms with E-state index in [-0.39, 0.29) is 37.0 Å². The first-order chi connectivity index (χ1) is 19.0. The van der Waals surface area contributed by atoms with E-state index >= 15 is 0 Å². The molecule has 0 radical (unpaired) electrons. The lowest BCUT2D eigenvalue weighted by molar-refractivity contribution is -0.167. The first-order valence-electron chi connectivity index (χ1n) is 11.1. The summed E-state index contributed by atoms with van der Waals surface area (Å²) in [6, 6.07) is 10.0. The molecule has 0 heterocycles. The Morgan fingerprint density at radius 3 is 1.98 bits per heavy atom. The number of rotatable bonds is 6. The molecule has 1 aliphatic rings. The van der Waals surface area contributed by atoms with Crippen molar-refractivity contribution in [2.24, 2.45) is 5.92 Å². The minimum Gasteiger partial charge on any atom is -0.326 e. The van der Waals surface area contributed by atoms with E-state index in [9.17, 15) is 31.9 Å². The van der Waals surface area contributed by atoms with Gasteiger partial charge < -0.3 is 16.0 Å². The van der Waals surface area contributed by atoms with Crippen molar-refractivity contribution in [1.82, 2.24) is 0 Å². The number of amides is 3. The molecule has 4 rings (SSSR count). The highest BCUT2D eigenvalue weighted by molar-refractivity contribution is 6.53. The molecule has 0 spiro atoms. The van der Waals surface area contributed by atoms with Crippen LogP contribution in [-0.2, 0) is 9.59 Å². The fraction of sp³-hybridized carbons (Fsp3) is 0.160. The van der Waals surface area contributed by atoms with Crippen LogP contribution >= 0.6 is 69.6 Å². The van der Waals surface area contributed by atoms with Crippen LogP contribution in [0.2, 0.25) is 20.1 Å². The number of halogens is 10. The number of hydrogen-bond acceptors (Lipinski definition) is 3. The average Bonchev–Trinajstić information content (AvgIpc) is 3.45. The van der Waals surface area contributed by atoms with E-state index in [1.165, 1.54) is 30.3 Å². The topological polar surface area (TPSA) is 87.3 Å². The number of anilines is 3. The van der Waals surface area contributed by atoms with Gasteiger partial charge in [0.05, 0.1) is 37.3 Å². The number of carbonyl (C=O) groups is 3. The van der Waals surface area contributed by atoms with E-state index in [4.69, 9.17) is 69.6 Å². The van der Waals surface area contributed by atoms with Crippen LogP contribution in [0.4, 0.5) is 34.6 Å². The van der Waals surface area contributed by atoms with Crippen LogP contribution in [0.25, 0.3) is 0 Å². The number of alkyl halides is 5. The summed E-state index contributed by atoms with van der Waals surface area (Å²) in [5.41, 5.74) is -0.0377. The van der Waals surface area contributed by atoms with Gasteiger partial charge in [0.25, 0.3) is 5.91 Å². The molecule has 41 heavy (non-hydrogen) atoms. The van der Waals surface area contributed by atoms with Crippen LogP contribution in [0, 0.1) is 11.7 Å². The molecule has 3 aromatic carbocycles. The molecule has 3 aromatic rings. The number of carbonyl (C=O) groups excluding carboxylic acids is 3. The van der Waals surface area contributed by atoms with Crippen LogP contribution in [0.3, 0.4) is 0 Å². The van der Waals surface area contributed by atoms with Crippen molar-refractivity contribution in [3.63, 3.8) is 0 Å². The molecule has 1 saturated carbocycles. The maximum atomic E-state index is 13.5. The monoisotopic (exact) mass is 689 g/mol. The highest BCUT2D eigenvalue weighted by Crippen LogP contribution is 2.65. The number of nitrogens with one attached hydrogen (secondary N) is 3. The molecule has 2 unspecified atom stereocenters. The summed E-state index contributed by atoms with van der Waals surface area (Å²) in [7, 11) is 0. The van der Waals surface area contributed by atoms with E-state index in [0.29, 0.717) is 5.56 Å². The third kappa shape index (κ3) is 6.79. The van der Waals surface area contributed by atoms with Gasteiger partial charge in [0.15, 0.2) is 0 Å². The van der Waals surface area contributed by atoms with E-state index in [0.717, 1.165) is 18.2 Å². The summed E-state index contributed by atoms with van der Waals surface area (Å²) < 4.78 is 49.8. The molecular formula is C25H13Cl6F4N3O3. The first kappa shape index (κ1) is 31.5. The lowest BCUT2D eigenvalue weighted by atomic mass is 10.1. The summed E-state index contributed by atoms with van der Waals surface area (Å²) in [6.07, 6.45) is -5.18. The van der Waals surface area contributed by atoms with Crippen molar-refractivity contribution in [3.05, 3.63) is 85.6 Å². The predicted molar refractivity (Wildman–Crippen MR) is 151 cm³/mol. The quantitative estimate of drug-likeness (QED) is 0.179. The summed E-state index contributed by atoms with van der Waals surface area (Å²) in [6.45, 7) is 0. The van der Waals surface area contributed by atoms with Crippen LogP contribution in [0.5, 0.6) is 0 Å². The summed E-state index contributed by atoms with van der Waals surface area (Å²) in [5.74, 6) is -5.93. The van der Waals surface area contributed by atoms with Gasteiger partial charge in [-0.05, 0) is 48.0 Å². The molecule has 0 saturated heterocycles. The Labute approximate surface area is 259 Å². The molecule has 3 N–H and O–H groups in total. The van der Waals surface area contributed by atoms with Gasteiger partial charge in [-0.3, -0.25) is 14.4 Å². The second-order valence-electron chi connectivity index (χ2n) is 8.71. The van der Waals surface area contributed by atoms with Crippen molar-refractivity contribution < 1.29 is 31.9 Å². The van der Waals surface area contributed by atoms with E-state index in [1.54, 1.807) is 5.32 Å². The van der Waals surface area contributed by atoms with Crippen molar-refractivity contribution in [2.75, 3.05) is 16.0 Å². The standard InChI is InChI=1S/C25H13Cl6F4N3O3/c26-13-3-2-10(36-22(40)19-18(24(19,30)31)9-1-4-17(32)14(27)5-9)6-12(13)21(39)37-11-7-15(28)20(16(29)8-11)38-23(41)25(33,34)35/h1-8,18-19H,(H,36,40)(H,37,39)(H,38,41). The van der Waals surface area contributed by atoms with Crippen LogP contribution < -0.4 is 16.0 Å². The highest BCUT2D eigenvalue weighted by atomic mass is 35.5. The van der Waals surface area contributed by atoms with Gasteiger partial charge in [0, 0.05) is 17.3 Å². The Hall–Kier alpha value is -2.47. The number of hydrogen-bond donors (Lipinski definition) is 3. The zero-order valence-corrected chi connectivity index (χ0v) is 24.3. The minimum absolute atomic E-state index is 0.0129. The molecule has 1 aliphatic carbocycles. The second-order valence-corrected chi connectivity index (χ2v) is 11.8.